The molecule has 0 radical (unpaired) electrons. The van der Waals surface area contributed by atoms with Crippen molar-refractivity contribution in [3.05, 3.63) is 42.2 Å². The van der Waals surface area contributed by atoms with Crippen LogP contribution in [0.25, 0.3) is 11.3 Å². The second-order valence-electron chi connectivity index (χ2n) is 10.2. The molecular weight excluding hydrogens is 534 g/mol. The van der Waals surface area contributed by atoms with Crippen LogP contribution in [0.2, 0.25) is 0 Å². The third kappa shape index (κ3) is 12.0. The van der Waals surface area contributed by atoms with Gasteiger partial charge in [0.25, 0.3) is 10.1 Å². The number of hydrogen-bond donors (Lipinski definition) is 0. The molecule has 2 aromatic rings. The van der Waals surface area contributed by atoms with Crippen LogP contribution in [0.4, 0.5) is 16.6 Å². The van der Waals surface area contributed by atoms with Crippen molar-refractivity contribution in [2.45, 2.75) is 39.7 Å². The van der Waals surface area contributed by atoms with Gasteiger partial charge in [-0.05, 0) is 64.0 Å². The number of carbonyl (C=O) groups is 1. The second-order valence-corrected chi connectivity index (χ2v) is 11.8. The summed E-state index contributed by atoms with van der Waals surface area (Å²) >= 11 is 0. The van der Waals surface area contributed by atoms with Crippen LogP contribution in [0.3, 0.4) is 0 Å². The second kappa shape index (κ2) is 14.6. The molecule has 0 bridgehead atoms. The molecule has 40 heavy (non-hydrogen) atoms. The zero-order valence-electron chi connectivity index (χ0n) is 24.4. The number of anilines is 1. The first kappa shape index (κ1) is 32.5. The molecule has 13 heteroatoms. The Labute approximate surface area is 237 Å². The minimum Gasteiger partial charge on any atom is -0.444 e. The molecule has 0 saturated carbocycles. The van der Waals surface area contributed by atoms with Crippen molar-refractivity contribution in [3.8, 4) is 11.3 Å². The molecule has 2 rings (SSSR count). The molecule has 1 amide bonds. The molecule has 0 saturated heterocycles. The number of aromatic nitrogens is 3. The fourth-order valence-corrected chi connectivity index (χ4v) is 3.66. The van der Waals surface area contributed by atoms with Crippen molar-refractivity contribution < 1.29 is 22.1 Å². The molecule has 2 aromatic heterocycles. The van der Waals surface area contributed by atoms with Crippen molar-refractivity contribution >= 4 is 39.9 Å². The summed E-state index contributed by atoms with van der Waals surface area (Å²) in [6, 6.07) is 5.59. The highest BCUT2D eigenvalue weighted by Gasteiger charge is 2.19. The van der Waals surface area contributed by atoms with Gasteiger partial charge in [0.1, 0.15) is 11.4 Å². The van der Waals surface area contributed by atoms with E-state index < -0.39 is 15.7 Å². The van der Waals surface area contributed by atoms with E-state index in [4.69, 9.17) is 8.92 Å². The summed E-state index contributed by atoms with van der Waals surface area (Å²) in [6.45, 7) is 8.43. The smallest absolute Gasteiger partial charge is 0.410 e. The zero-order chi connectivity index (χ0) is 29.9. The SMILES string of the molecule is CN=CC(/C=C(\C)COS(C)(=O)=O)=Nc1nccc(-c2ccc(N(C)CCCN(C)C(=O)OC(C)(C)C)nc2)n1. The van der Waals surface area contributed by atoms with E-state index in [1.807, 2.05) is 44.9 Å². The lowest BCUT2D eigenvalue weighted by Crippen LogP contribution is -2.35. The van der Waals surface area contributed by atoms with Crippen LogP contribution in [-0.4, -0.2) is 99.0 Å². The van der Waals surface area contributed by atoms with Crippen molar-refractivity contribution in [1.82, 2.24) is 19.9 Å². The first-order chi connectivity index (χ1) is 18.7. The van der Waals surface area contributed by atoms with Crippen LogP contribution >= 0.6 is 0 Å². The number of pyridine rings is 1. The summed E-state index contributed by atoms with van der Waals surface area (Å²) in [5.41, 5.74) is 1.99. The van der Waals surface area contributed by atoms with Gasteiger partial charge < -0.3 is 14.5 Å². The fraction of sp³-hybridized carbons (Fsp3) is 0.481. The van der Waals surface area contributed by atoms with Gasteiger partial charge in [0.05, 0.1) is 24.3 Å². The van der Waals surface area contributed by atoms with E-state index >= 15 is 0 Å². The third-order valence-electron chi connectivity index (χ3n) is 5.16. The monoisotopic (exact) mass is 573 g/mol. The molecule has 2 heterocycles. The predicted octanol–water partition coefficient (Wildman–Crippen LogP) is 3.93. The molecule has 0 spiro atoms. The summed E-state index contributed by atoms with van der Waals surface area (Å²) in [5, 5.41) is 0. The number of nitrogens with zero attached hydrogens (tertiary/aromatic N) is 7. The fourth-order valence-electron chi connectivity index (χ4n) is 3.26. The molecule has 12 nitrogen and oxygen atoms in total. The average molecular weight is 574 g/mol. The van der Waals surface area contributed by atoms with E-state index in [0.29, 0.717) is 30.1 Å². The van der Waals surface area contributed by atoms with Crippen LogP contribution in [-0.2, 0) is 19.0 Å². The van der Waals surface area contributed by atoms with Crippen LogP contribution in [0.1, 0.15) is 34.1 Å². The first-order valence-electron chi connectivity index (χ1n) is 12.6. The minimum atomic E-state index is -3.55. The maximum absolute atomic E-state index is 12.1. The van der Waals surface area contributed by atoms with Gasteiger partial charge in [0, 0.05) is 58.4 Å². The van der Waals surface area contributed by atoms with Crippen LogP contribution < -0.4 is 4.90 Å². The Balaban J connectivity index is 2.07. The lowest BCUT2D eigenvalue weighted by molar-refractivity contribution is 0.0298. The number of aliphatic imine (C=N–C) groups is 2. The Kier molecular flexibility index (Phi) is 11.9. The number of amides is 1. The molecule has 0 aromatic carbocycles. The van der Waals surface area contributed by atoms with E-state index in [0.717, 1.165) is 24.1 Å². The number of ether oxygens (including phenoxy) is 1. The first-order valence-corrected chi connectivity index (χ1v) is 14.5. The lowest BCUT2D eigenvalue weighted by Gasteiger charge is -2.25. The third-order valence-corrected chi connectivity index (χ3v) is 5.70. The summed E-state index contributed by atoms with van der Waals surface area (Å²) in [6.07, 6.45) is 7.92. The normalized spacial score (nSPS) is 13.0. The van der Waals surface area contributed by atoms with Gasteiger partial charge in [-0.3, -0.25) is 9.18 Å². The van der Waals surface area contributed by atoms with Crippen molar-refractivity contribution in [2.75, 3.05) is 52.0 Å². The molecule has 0 aliphatic heterocycles. The standard InChI is InChI=1S/C27H39N7O5S/c1-20(19-38-40(8,36)37)16-22(18-28-5)31-25-29-13-12-23(32-25)21-10-11-24(30-17-21)33(6)14-9-15-34(7)26(35)39-27(2,3)4/h10-13,16-18H,9,14-15,19H2,1-8H3/b20-16+,28-18?,31-22?. The Morgan fingerprint density at radius 2 is 1.85 bits per heavy atom. The maximum Gasteiger partial charge on any atom is 0.410 e. The highest BCUT2D eigenvalue weighted by molar-refractivity contribution is 7.86. The maximum atomic E-state index is 12.1. The number of allylic oxidation sites excluding steroid dienone is 1. The van der Waals surface area contributed by atoms with Crippen molar-refractivity contribution in [3.63, 3.8) is 0 Å². The van der Waals surface area contributed by atoms with Crippen LogP contribution in [0, 0.1) is 0 Å². The number of carbonyl (C=O) groups excluding carboxylic acids is 1. The van der Waals surface area contributed by atoms with Gasteiger partial charge in [-0.1, -0.05) is 0 Å². The van der Waals surface area contributed by atoms with Gasteiger partial charge in [-0.2, -0.15) is 8.42 Å². The van der Waals surface area contributed by atoms with E-state index in [2.05, 4.69) is 24.9 Å². The van der Waals surface area contributed by atoms with E-state index in [9.17, 15) is 13.2 Å². The largest absolute Gasteiger partial charge is 0.444 e. The Morgan fingerprint density at radius 1 is 1.12 bits per heavy atom. The molecule has 218 valence electrons. The highest BCUT2D eigenvalue weighted by Crippen LogP contribution is 2.20. The topological polar surface area (TPSA) is 140 Å². The van der Waals surface area contributed by atoms with Gasteiger partial charge in [0.15, 0.2) is 0 Å². The van der Waals surface area contributed by atoms with Gasteiger partial charge in [-0.15, -0.1) is 0 Å². The Hall–Kier alpha value is -3.71. The van der Waals surface area contributed by atoms with E-state index in [-0.39, 0.29) is 18.6 Å². The van der Waals surface area contributed by atoms with Crippen molar-refractivity contribution in [1.29, 1.82) is 0 Å². The predicted molar refractivity (Wildman–Crippen MR) is 158 cm³/mol. The van der Waals surface area contributed by atoms with Gasteiger partial charge in [-0.25, -0.2) is 24.7 Å². The molecule has 0 fully saturated rings. The summed E-state index contributed by atoms with van der Waals surface area (Å²) in [7, 11) is 1.72. The van der Waals surface area contributed by atoms with Crippen LogP contribution in [0.5, 0.6) is 0 Å². The lowest BCUT2D eigenvalue weighted by atomic mass is 10.2. The number of rotatable bonds is 12. The molecule has 0 aliphatic rings. The molecule has 0 atom stereocenters. The Bertz CT molecular complexity index is 1330. The van der Waals surface area contributed by atoms with Gasteiger partial charge >= 0.3 is 6.09 Å². The zero-order valence-corrected chi connectivity index (χ0v) is 25.3. The summed E-state index contributed by atoms with van der Waals surface area (Å²) in [5.74, 6) is 1.00. The average Bonchev–Trinajstić information content (AvgIpc) is 2.86. The highest BCUT2D eigenvalue weighted by atomic mass is 32.2. The minimum absolute atomic E-state index is 0.0940. The number of hydrogen-bond acceptors (Lipinski definition) is 11. The molecular formula is C27H39N7O5S. The van der Waals surface area contributed by atoms with Crippen LogP contribution in [0.15, 0.2) is 52.2 Å². The van der Waals surface area contributed by atoms with Crippen molar-refractivity contribution in [2.24, 2.45) is 9.98 Å². The van der Waals surface area contributed by atoms with Gasteiger partial charge in [0.2, 0.25) is 5.95 Å². The molecule has 0 N–H and O–H groups in total. The summed E-state index contributed by atoms with van der Waals surface area (Å²) in [4.78, 5) is 37.5. The summed E-state index contributed by atoms with van der Waals surface area (Å²) < 4.78 is 32.7. The molecule has 0 aliphatic carbocycles. The quantitative estimate of drug-likeness (QED) is 0.273. The Morgan fingerprint density at radius 3 is 2.45 bits per heavy atom. The molecule has 0 unspecified atom stereocenters. The van der Waals surface area contributed by atoms with E-state index in [1.165, 1.54) is 6.21 Å². The van der Waals surface area contributed by atoms with E-state index in [1.54, 1.807) is 50.5 Å².